The Morgan fingerprint density at radius 2 is 2.13 bits per heavy atom. The highest BCUT2D eigenvalue weighted by molar-refractivity contribution is 9.09. The van der Waals surface area contributed by atoms with Crippen molar-refractivity contribution in [3.63, 3.8) is 0 Å². The second-order valence-electron chi connectivity index (χ2n) is 3.93. The molecule has 82 valence electrons. The molecule has 1 aliphatic rings. The zero-order valence-corrected chi connectivity index (χ0v) is 10.7. The van der Waals surface area contributed by atoms with Crippen LogP contribution in [0.1, 0.15) is 24.2 Å². The maximum absolute atomic E-state index is 4.48. The first-order valence-electron chi connectivity index (χ1n) is 5.23. The Hall–Kier alpha value is -0.710. The van der Waals surface area contributed by atoms with Gasteiger partial charge in [-0.2, -0.15) is 5.10 Å². The van der Waals surface area contributed by atoms with Gasteiger partial charge in [0.25, 0.3) is 0 Å². The lowest BCUT2D eigenvalue weighted by atomic mass is 10.2. The molecule has 0 saturated carbocycles. The van der Waals surface area contributed by atoms with E-state index < -0.39 is 0 Å². The lowest BCUT2D eigenvalue weighted by Gasteiger charge is -2.22. The average molecular weight is 271 g/mol. The van der Waals surface area contributed by atoms with E-state index in [0.717, 1.165) is 29.2 Å². The summed E-state index contributed by atoms with van der Waals surface area (Å²) in [5.74, 6) is 0.778. The minimum Gasteiger partial charge on any atom is -0.336 e. The van der Waals surface area contributed by atoms with E-state index in [9.17, 15) is 0 Å². The zero-order valence-electron chi connectivity index (χ0n) is 9.07. The van der Waals surface area contributed by atoms with E-state index in [1.807, 2.05) is 13.8 Å². The van der Waals surface area contributed by atoms with Crippen LogP contribution >= 0.6 is 15.9 Å². The lowest BCUT2D eigenvalue weighted by Crippen LogP contribution is -2.32. The molecule has 5 heteroatoms. The molecule has 0 bridgehead atoms. The third-order valence-corrected chi connectivity index (χ3v) is 3.64. The fourth-order valence-electron chi connectivity index (χ4n) is 1.83. The van der Waals surface area contributed by atoms with Gasteiger partial charge in [0.15, 0.2) is 0 Å². The summed E-state index contributed by atoms with van der Waals surface area (Å²) in [6.07, 6.45) is 2.42. The number of aromatic nitrogens is 3. The Labute approximate surface area is 98.2 Å². The van der Waals surface area contributed by atoms with Crippen molar-refractivity contribution in [2.45, 2.75) is 32.7 Å². The summed E-state index contributed by atoms with van der Waals surface area (Å²) in [6.45, 7) is 4.96. The monoisotopic (exact) mass is 270 g/mol. The molecule has 0 spiro atoms. The molecule has 1 aliphatic heterocycles. The first-order valence-corrected chi connectivity index (χ1v) is 6.35. The highest BCUT2D eigenvalue weighted by Crippen LogP contribution is 2.23. The van der Waals surface area contributed by atoms with Gasteiger partial charge in [0.05, 0.1) is 11.4 Å². The molecule has 0 radical (unpaired) electrons. The van der Waals surface area contributed by atoms with Crippen molar-refractivity contribution >= 4 is 21.9 Å². The van der Waals surface area contributed by atoms with E-state index in [0.29, 0.717) is 6.04 Å². The van der Waals surface area contributed by atoms with Gasteiger partial charge in [-0.1, -0.05) is 15.9 Å². The summed E-state index contributed by atoms with van der Waals surface area (Å²) in [5.41, 5.74) is 1.88. The van der Waals surface area contributed by atoms with Gasteiger partial charge >= 0.3 is 0 Å². The van der Waals surface area contributed by atoms with Crippen LogP contribution in [0.2, 0.25) is 0 Å². The number of anilines is 1. The van der Waals surface area contributed by atoms with Gasteiger partial charge < -0.3 is 4.90 Å². The SMILES string of the molecule is Cc1nnc(N2CCCC2CBr)nc1C. The van der Waals surface area contributed by atoms with Crippen molar-refractivity contribution in [3.05, 3.63) is 11.4 Å². The van der Waals surface area contributed by atoms with Crippen LogP contribution in [0.4, 0.5) is 5.95 Å². The number of nitrogens with zero attached hydrogens (tertiary/aromatic N) is 4. The molecule has 15 heavy (non-hydrogen) atoms. The topological polar surface area (TPSA) is 41.9 Å². The van der Waals surface area contributed by atoms with Crippen LogP contribution in [0, 0.1) is 13.8 Å². The van der Waals surface area contributed by atoms with Gasteiger partial charge in [0.2, 0.25) is 5.95 Å². The van der Waals surface area contributed by atoms with Crippen molar-refractivity contribution in [2.24, 2.45) is 0 Å². The highest BCUT2D eigenvalue weighted by atomic mass is 79.9. The third-order valence-electron chi connectivity index (χ3n) is 2.89. The molecule has 1 unspecified atom stereocenters. The van der Waals surface area contributed by atoms with Crippen molar-refractivity contribution in [1.29, 1.82) is 0 Å². The normalized spacial score (nSPS) is 21.0. The highest BCUT2D eigenvalue weighted by Gasteiger charge is 2.26. The van der Waals surface area contributed by atoms with Gasteiger partial charge in [0, 0.05) is 17.9 Å². The molecule has 0 N–H and O–H groups in total. The summed E-state index contributed by atoms with van der Waals surface area (Å²) < 4.78 is 0. The van der Waals surface area contributed by atoms with Crippen LogP contribution in [0.5, 0.6) is 0 Å². The molecule has 2 heterocycles. The van der Waals surface area contributed by atoms with E-state index in [1.165, 1.54) is 12.8 Å². The molecule has 1 aromatic heterocycles. The quantitative estimate of drug-likeness (QED) is 0.770. The standard InChI is InChI=1S/C10H15BrN4/c1-7-8(2)13-14-10(12-7)15-5-3-4-9(15)6-11/h9H,3-6H2,1-2H3. The number of alkyl halides is 1. The van der Waals surface area contributed by atoms with Crippen molar-refractivity contribution in [1.82, 2.24) is 15.2 Å². The Kier molecular flexibility index (Phi) is 3.19. The first kappa shape index (κ1) is 10.8. The lowest BCUT2D eigenvalue weighted by molar-refractivity contribution is 0.713. The predicted molar refractivity (Wildman–Crippen MR) is 63.5 cm³/mol. The smallest absolute Gasteiger partial charge is 0.245 e. The number of hydrogen-bond donors (Lipinski definition) is 0. The van der Waals surface area contributed by atoms with E-state index in [-0.39, 0.29) is 0 Å². The summed E-state index contributed by atoms with van der Waals surface area (Å²) in [6, 6.07) is 0.522. The van der Waals surface area contributed by atoms with Crippen LogP contribution in [0.3, 0.4) is 0 Å². The molecule has 0 aliphatic carbocycles. The van der Waals surface area contributed by atoms with Crippen LogP contribution in [0.15, 0.2) is 0 Å². The average Bonchev–Trinajstić information content (AvgIpc) is 2.70. The molecule has 0 amide bonds. The molecule has 4 nitrogen and oxygen atoms in total. The Bertz CT molecular complexity index is 355. The fourth-order valence-corrected chi connectivity index (χ4v) is 2.50. The molecule has 0 aromatic carbocycles. The van der Waals surface area contributed by atoms with E-state index in [2.05, 4.69) is 36.0 Å². The molecule has 1 fully saturated rings. The summed E-state index contributed by atoms with van der Waals surface area (Å²) in [7, 11) is 0. The second-order valence-corrected chi connectivity index (χ2v) is 4.57. The maximum atomic E-state index is 4.48. The van der Waals surface area contributed by atoms with Crippen molar-refractivity contribution in [2.75, 3.05) is 16.8 Å². The van der Waals surface area contributed by atoms with E-state index in [1.54, 1.807) is 0 Å². The molecule has 1 atom stereocenters. The summed E-state index contributed by atoms with van der Waals surface area (Å²) in [4.78, 5) is 6.73. The zero-order chi connectivity index (χ0) is 10.8. The van der Waals surface area contributed by atoms with E-state index in [4.69, 9.17) is 0 Å². The molecule has 2 rings (SSSR count). The molecular weight excluding hydrogens is 256 g/mol. The van der Waals surface area contributed by atoms with E-state index >= 15 is 0 Å². The van der Waals surface area contributed by atoms with Gasteiger partial charge in [-0.05, 0) is 26.7 Å². The number of halogens is 1. The Morgan fingerprint density at radius 1 is 1.33 bits per heavy atom. The van der Waals surface area contributed by atoms with Gasteiger partial charge in [-0.25, -0.2) is 4.98 Å². The number of aryl methyl sites for hydroxylation is 2. The number of rotatable bonds is 2. The van der Waals surface area contributed by atoms with Crippen molar-refractivity contribution in [3.8, 4) is 0 Å². The second kappa shape index (κ2) is 4.43. The minimum absolute atomic E-state index is 0.522. The van der Waals surface area contributed by atoms with Crippen LogP contribution in [0.25, 0.3) is 0 Å². The van der Waals surface area contributed by atoms with Gasteiger partial charge in [-0.3, -0.25) is 0 Å². The summed E-state index contributed by atoms with van der Waals surface area (Å²) >= 11 is 3.53. The minimum atomic E-state index is 0.522. The largest absolute Gasteiger partial charge is 0.336 e. The van der Waals surface area contributed by atoms with Crippen LogP contribution < -0.4 is 4.90 Å². The maximum Gasteiger partial charge on any atom is 0.245 e. The van der Waals surface area contributed by atoms with Crippen molar-refractivity contribution < 1.29 is 0 Å². The third kappa shape index (κ3) is 2.12. The molecule has 1 aromatic rings. The predicted octanol–water partition coefficient (Wildman–Crippen LogP) is 1.85. The Balaban J connectivity index is 2.25. The van der Waals surface area contributed by atoms with Gasteiger partial charge in [0.1, 0.15) is 0 Å². The number of hydrogen-bond acceptors (Lipinski definition) is 4. The summed E-state index contributed by atoms with van der Waals surface area (Å²) in [5, 5.41) is 9.26. The Morgan fingerprint density at radius 3 is 2.80 bits per heavy atom. The van der Waals surface area contributed by atoms with Crippen LogP contribution in [-0.4, -0.2) is 33.1 Å². The fraction of sp³-hybridized carbons (Fsp3) is 0.700. The first-order chi connectivity index (χ1) is 7.22. The molecule has 1 saturated heterocycles. The molecular formula is C10H15BrN4. The van der Waals surface area contributed by atoms with Crippen LogP contribution in [-0.2, 0) is 0 Å². The van der Waals surface area contributed by atoms with Gasteiger partial charge in [-0.15, -0.1) is 5.10 Å².